The normalized spacial score (nSPS) is 39.0. The number of nitrogens with zero attached hydrogens (tertiary/aromatic N) is 1. The van der Waals surface area contributed by atoms with Crippen LogP contribution < -0.4 is 0 Å². The SMILES string of the molecule is CC(=O)OC1CN2[C@H]3CC[C@@H]2[C@@H]1[C@@H](c1ccc(Cl)c(Cl)c1)C3. The third kappa shape index (κ3) is 2.26. The summed E-state index contributed by atoms with van der Waals surface area (Å²) in [6.07, 6.45) is 3.60. The molecule has 4 bridgehead atoms. The van der Waals surface area contributed by atoms with Gasteiger partial charge in [0, 0.05) is 31.5 Å². The van der Waals surface area contributed by atoms with Crippen LogP contribution in [0, 0.1) is 5.92 Å². The smallest absolute Gasteiger partial charge is 0.302 e. The number of carbonyl (C=O) groups is 1. The van der Waals surface area contributed by atoms with Crippen molar-refractivity contribution in [2.75, 3.05) is 6.54 Å². The molecule has 3 aliphatic rings. The summed E-state index contributed by atoms with van der Waals surface area (Å²) in [5, 5.41) is 1.20. The molecule has 0 aliphatic carbocycles. The lowest BCUT2D eigenvalue weighted by atomic mass is 9.76. The Balaban J connectivity index is 1.69. The molecule has 3 aliphatic heterocycles. The average molecular weight is 340 g/mol. The minimum atomic E-state index is -0.178. The van der Waals surface area contributed by atoms with Crippen molar-refractivity contribution in [3.05, 3.63) is 33.8 Å². The van der Waals surface area contributed by atoms with Crippen LogP contribution >= 0.6 is 23.2 Å². The Morgan fingerprint density at radius 2 is 2.09 bits per heavy atom. The molecule has 22 heavy (non-hydrogen) atoms. The molecule has 0 N–H and O–H groups in total. The molecule has 6 atom stereocenters. The third-order valence-electron chi connectivity index (χ3n) is 5.63. The highest BCUT2D eigenvalue weighted by atomic mass is 35.5. The zero-order chi connectivity index (χ0) is 15.4. The zero-order valence-electron chi connectivity index (χ0n) is 12.5. The Bertz CT molecular complexity index is 621. The molecular formula is C17H19Cl2NO2. The van der Waals surface area contributed by atoms with E-state index in [9.17, 15) is 4.79 Å². The molecule has 0 aromatic heterocycles. The van der Waals surface area contributed by atoms with Gasteiger partial charge in [0.1, 0.15) is 6.10 Å². The van der Waals surface area contributed by atoms with Crippen molar-refractivity contribution in [1.29, 1.82) is 0 Å². The minimum absolute atomic E-state index is 0.00672. The van der Waals surface area contributed by atoms with Crippen molar-refractivity contribution in [2.45, 2.75) is 50.3 Å². The van der Waals surface area contributed by atoms with E-state index >= 15 is 0 Å². The van der Waals surface area contributed by atoms with Crippen molar-refractivity contribution in [2.24, 2.45) is 5.92 Å². The second-order valence-electron chi connectivity index (χ2n) is 6.74. The topological polar surface area (TPSA) is 29.5 Å². The maximum absolute atomic E-state index is 11.5. The molecule has 2 unspecified atom stereocenters. The first-order chi connectivity index (χ1) is 10.5. The molecule has 3 saturated heterocycles. The van der Waals surface area contributed by atoms with Crippen LogP contribution in [-0.2, 0) is 9.53 Å². The number of rotatable bonds is 2. The highest BCUT2D eigenvalue weighted by Gasteiger charge is 2.56. The van der Waals surface area contributed by atoms with Crippen molar-refractivity contribution in [3.63, 3.8) is 0 Å². The zero-order valence-corrected chi connectivity index (χ0v) is 14.0. The van der Waals surface area contributed by atoms with E-state index in [0.29, 0.717) is 34.0 Å². The molecular weight excluding hydrogens is 321 g/mol. The average Bonchev–Trinajstić information content (AvgIpc) is 2.87. The van der Waals surface area contributed by atoms with Gasteiger partial charge in [-0.25, -0.2) is 0 Å². The Kier molecular flexibility index (Phi) is 3.63. The van der Waals surface area contributed by atoms with E-state index in [4.69, 9.17) is 27.9 Å². The Morgan fingerprint density at radius 3 is 2.82 bits per heavy atom. The first-order valence-electron chi connectivity index (χ1n) is 7.92. The molecule has 0 amide bonds. The van der Waals surface area contributed by atoms with Gasteiger partial charge in [-0.05, 0) is 42.9 Å². The number of halogens is 2. The fourth-order valence-corrected chi connectivity index (χ4v) is 5.21. The Labute approximate surface area is 140 Å². The molecule has 4 rings (SSSR count). The van der Waals surface area contributed by atoms with Gasteiger partial charge in [-0.1, -0.05) is 29.3 Å². The van der Waals surface area contributed by atoms with E-state index in [0.717, 1.165) is 13.0 Å². The van der Waals surface area contributed by atoms with Gasteiger partial charge < -0.3 is 4.74 Å². The maximum atomic E-state index is 11.5. The maximum Gasteiger partial charge on any atom is 0.302 e. The van der Waals surface area contributed by atoms with Gasteiger partial charge in [-0.3, -0.25) is 9.69 Å². The summed E-state index contributed by atoms with van der Waals surface area (Å²) < 4.78 is 5.64. The van der Waals surface area contributed by atoms with Crippen LogP contribution in [-0.4, -0.2) is 35.6 Å². The highest BCUT2D eigenvalue weighted by Crippen LogP contribution is 2.53. The summed E-state index contributed by atoms with van der Waals surface area (Å²) in [5.74, 6) is 0.595. The van der Waals surface area contributed by atoms with Gasteiger partial charge in [0.2, 0.25) is 0 Å². The molecule has 0 saturated carbocycles. The van der Waals surface area contributed by atoms with Crippen LogP contribution in [0.25, 0.3) is 0 Å². The lowest BCUT2D eigenvalue weighted by Gasteiger charge is -2.37. The number of hydrogen-bond donors (Lipinski definition) is 0. The Morgan fingerprint density at radius 1 is 1.27 bits per heavy atom. The third-order valence-corrected chi connectivity index (χ3v) is 6.37. The van der Waals surface area contributed by atoms with Crippen molar-refractivity contribution in [3.8, 4) is 0 Å². The number of carbonyl (C=O) groups excluding carboxylic acids is 1. The molecule has 3 fully saturated rings. The van der Waals surface area contributed by atoms with Crippen LogP contribution in [0.15, 0.2) is 18.2 Å². The lowest BCUT2D eigenvalue weighted by Crippen LogP contribution is -2.41. The second kappa shape index (κ2) is 5.40. The first kappa shape index (κ1) is 14.8. The summed E-state index contributed by atoms with van der Waals surface area (Å²) >= 11 is 12.3. The lowest BCUT2D eigenvalue weighted by molar-refractivity contribution is -0.147. The van der Waals surface area contributed by atoms with E-state index in [1.807, 2.05) is 12.1 Å². The summed E-state index contributed by atoms with van der Waals surface area (Å²) in [7, 11) is 0. The summed E-state index contributed by atoms with van der Waals surface area (Å²) in [5.41, 5.74) is 1.23. The Hall–Kier alpha value is -0.770. The quantitative estimate of drug-likeness (QED) is 0.766. The number of benzene rings is 1. The van der Waals surface area contributed by atoms with Crippen molar-refractivity contribution in [1.82, 2.24) is 4.90 Å². The van der Waals surface area contributed by atoms with Gasteiger partial charge in [0.15, 0.2) is 0 Å². The van der Waals surface area contributed by atoms with E-state index in [-0.39, 0.29) is 12.1 Å². The van der Waals surface area contributed by atoms with Crippen LogP contribution in [0.5, 0.6) is 0 Å². The molecule has 5 heteroatoms. The first-order valence-corrected chi connectivity index (χ1v) is 8.68. The number of piperidine rings is 1. The number of hydrogen-bond acceptors (Lipinski definition) is 3. The minimum Gasteiger partial charge on any atom is -0.461 e. The second-order valence-corrected chi connectivity index (χ2v) is 7.55. The van der Waals surface area contributed by atoms with Gasteiger partial charge in [0.05, 0.1) is 10.0 Å². The molecule has 0 spiro atoms. The number of ether oxygens (including phenoxy) is 1. The fourth-order valence-electron chi connectivity index (χ4n) is 4.90. The van der Waals surface area contributed by atoms with E-state index in [1.165, 1.54) is 25.3 Å². The van der Waals surface area contributed by atoms with Crippen molar-refractivity contribution >= 4 is 29.2 Å². The van der Waals surface area contributed by atoms with Crippen LogP contribution in [0.4, 0.5) is 0 Å². The fraction of sp³-hybridized carbons (Fsp3) is 0.588. The molecule has 3 nitrogen and oxygen atoms in total. The predicted molar refractivity (Wildman–Crippen MR) is 86.4 cm³/mol. The highest BCUT2D eigenvalue weighted by molar-refractivity contribution is 6.42. The van der Waals surface area contributed by atoms with Gasteiger partial charge >= 0.3 is 5.97 Å². The monoisotopic (exact) mass is 339 g/mol. The van der Waals surface area contributed by atoms with E-state index in [1.54, 1.807) is 0 Å². The van der Waals surface area contributed by atoms with E-state index in [2.05, 4.69) is 11.0 Å². The molecule has 118 valence electrons. The molecule has 1 aromatic carbocycles. The van der Waals surface area contributed by atoms with Crippen molar-refractivity contribution < 1.29 is 9.53 Å². The van der Waals surface area contributed by atoms with Crippen LogP contribution in [0.3, 0.4) is 0 Å². The summed E-state index contributed by atoms with van der Waals surface area (Å²) in [6.45, 7) is 2.39. The molecule has 1 aromatic rings. The largest absolute Gasteiger partial charge is 0.461 e. The standard InChI is InChI=1S/C17H19Cl2NO2/c1-9(21)22-16-8-20-11-3-5-15(20)17(16)12(7-11)10-2-4-13(18)14(19)6-10/h2,4,6,11-12,15-17H,3,5,7-8H2,1H3/t11-,12+,15+,16?,17-/m0/s1. The van der Waals surface area contributed by atoms with Gasteiger partial charge in [-0.2, -0.15) is 0 Å². The molecule has 3 heterocycles. The molecule has 0 radical (unpaired) electrons. The van der Waals surface area contributed by atoms with Crippen LogP contribution in [0.2, 0.25) is 10.0 Å². The van der Waals surface area contributed by atoms with E-state index < -0.39 is 0 Å². The van der Waals surface area contributed by atoms with Crippen LogP contribution in [0.1, 0.15) is 37.7 Å². The number of esters is 1. The van der Waals surface area contributed by atoms with Gasteiger partial charge in [-0.15, -0.1) is 0 Å². The summed E-state index contributed by atoms with van der Waals surface area (Å²) in [4.78, 5) is 14.0. The predicted octanol–water partition coefficient (Wildman–Crippen LogP) is 3.88. The van der Waals surface area contributed by atoms with Gasteiger partial charge in [0.25, 0.3) is 0 Å². The summed E-state index contributed by atoms with van der Waals surface area (Å²) in [6, 6.07) is 7.11.